The van der Waals surface area contributed by atoms with E-state index in [1.807, 2.05) is 11.9 Å². The van der Waals surface area contributed by atoms with Crippen molar-refractivity contribution in [2.24, 2.45) is 0 Å². The highest BCUT2D eigenvalue weighted by atomic mass is 16.5. The van der Waals surface area contributed by atoms with Gasteiger partial charge in [0, 0.05) is 52.6 Å². The van der Waals surface area contributed by atoms with Gasteiger partial charge < -0.3 is 20.1 Å². The summed E-state index contributed by atoms with van der Waals surface area (Å²) in [4.78, 5) is 24.2. The van der Waals surface area contributed by atoms with E-state index in [1.54, 1.807) is 0 Å². The summed E-state index contributed by atoms with van der Waals surface area (Å²) in [6, 6.07) is -0.504. The van der Waals surface area contributed by atoms with Crippen LogP contribution in [0.4, 0.5) is 4.79 Å². The summed E-state index contributed by atoms with van der Waals surface area (Å²) < 4.78 is 5.21. The number of carbonyl (C=O) groups is 2. The maximum Gasteiger partial charge on any atom is 0.321 e. The number of amides is 3. The fourth-order valence-corrected chi connectivity index (χ4v) is 2.03. The van der Waals surface area contributed by atoms with Crippen molar-refractivity contribution >= 4 is 11.9 Å². The van der Waals surface area contributed by atoms with Gasteiger partial charge >= 0.3 is 6.03 Å². The Morgan fingerprint density at radius 3 is 2.58 bits per heavy atom. The first-order chi connectivity index (χ1) is 8.95. The lowest BCUT2D eigenvalue weighted by Gasteiger charge is -2.35. The average molecular weight is 273 g/mol. The molecule has 7 heteroatoms. The van der Waals surface area contributed by atoms with Crippen LogP contribution >= 0.6 is 0 Å². The quantitative estimate of drug-likeness (QED) is 0.616. The largest absolute Gasteiger partial charge is 0.388 e. The minimum atomic E-state index is -0.732. The van der Waals surface area contributed by atoms with E-state index in [0.29, 0.717) is 39.1 Å². The summed E-state index contributed by atoms with van der Waals surface area (Å²) in [6.07, 6.45) is 1.44. The van der Waals surface area contributed by atoms with Crippen LogP contribution in [-0.2, 0) is 9.53 Å². The van der Waals surface area contributed by atoms with E-state index in [-0.39, 0.29) is 12.3 Å². The highest BCUT2D eigenvalue weighted by molar-refractivity contribution is 5.94. The SMILES string of the molecule is CNC(=O)NC(=O)CCN(C)CC1(O)CCOCC1. The molecule has 110 valence electrons. The molecule has 0 aromatic rings. The molecule has 1 saturated heterocycles. The number of rotatable bonds is 5. The van der Waals surface area contributed by atoms with Gasteiger partial charge in [0.2, 0.25) is 5.91 Å². The molecule has 1 fully saturated rings. The van der Waals surface area contributed by atoms with Crippen LogP contribution < -0.4 is 10.6 Å². The van der Waals surface area contributed by atoms with Crippen molar-refractivity contribution in [1.29, 1.82) is 0 Å². The van der Waals surface area contributed by atoms with Gasteiger partial charge in [0.15, 0.2) is 0 Å². The monoisotopic (exact) mass is 273 g/mol. The molecule has 1 rings (SSSR count). The average Bonchev–Trinajstić information content (AvgIpc) is 2.36. The zero-order valence-electron chi connectivity index (χ0n) is 11.6. The predicted octanol–water partition coefficient (Wildman–Crippen LogP) is -0.695. The molecule has 1 aliphatic heterocycles. The Balaban J connectivity index is 2.25. The summed E-state index contributed by atoms with van der Waals surface area (Å²) in [5, 5.41) is 14.8. The van der Waals surface area contributed by atoms with Gasteiger partial charge in [-0.1, -0.05) is 0 Å². The number of imide groups is 1. The lowest BCUT2D eigenvalue weighted by atomic mass is 9.94. The minimum Gasteiger partial charge on any atom is -0.388 e. The van der Waals surface area contributed by atoms with Crippen LogP contribution in [0, 0.1) is 0 Å². The lowest BCUT2D eigenvalue weighted by molar-refractivity contribution is -0.120. The Kier molecular flexibility index (Phi) is 6.20. The van der Waals surface area contributed by atoms with Gasteiger partial charge in [-0.3, -0.25) is 10.1 Å². The van der Waals surface area contributed by atoms with Crippen molar-refractivity contribution in [3.63, 3.8) is 0 Å². The first-order valence-corrected chi connectivity index (χ1v) is 6.45. The Morgan fingerprint density at radius 1 is 1.37 bits per heavy atom. The van der Waals surface area contributed by atoms with E-state index in [1.165, 1.54) is 7.05 Å². The molecular weight excluding hydrogens is 250 g/mol. The van der Waals surface area contributed by atoms with Crippen molar-refractivity contribution in [1.82, 2.24) is 15.5 Å². The fraction of sp³-hybridized carbons (Fsp3) is 0.833. The molecule has 0 unspecified atom stereocenters. The molecule has 1 heterocycles. The Hall–Kier alpha value is -1.18. The van der Waals surface area contributed by atoms with E-state index >= 15 is 0 Å². The van der Waals surface area contributed by atoms with Crippen molar-refractivity contribution in [3.05, 3.63) is 0 Å². The second kappa shape index (κ2) is 7.42. The van der Waals surface area contributed by atoms with Crippen LogP contribution in [0.15, 0.2) is 0 Å². The van der Waals surface area contributed by atoms with Gasteiger partial charge in [-0.15, -0.1) is 0 Å². The first-order valence-electron chi connectivity index (χ1n) is 6.45. The molecule has 19 heavy (non-hydrogen) atoms. The molecule has 1 aliphatic rings. The van der Waals surface area contributed by atoms with E-state index in [9.17, 15) is 14.7 Å². The van der Waals surface area contributed by atoms with Gasteiger partial charge in [0.1, 0.15) is 0 Å². The Morgan fingerprint density at radius 2 is 2.00 bits per heavy atom. The Bertz CT molecular complexity index is 316. The molecule has 0 aromatic heterocycles. The lowest BCUT2D eigenvalue weighted by Crippen LogP contribution is -2.46. The predicted molar refractivity (Wildman–Crippen MR) is 69.7 cm³/mol. The second-order valence-corrected chi connectivity index (χ2v) is 4.95. The molecule has 7 nitrogen and oxygen atoms in total. The summed E-state index contributed by atoms with van der Waals surface area (Å²) in [7, 11) is 3.30. The number of likely N-dealkylation sites (N-methyl/N-ethyl adjacent to an activating group) is 1. The molecular formula is C12H23N3O4. The molecule has 0 aliphatic carbocycles. The van der Waals surface area contributed by atoms with Gasteiger partial charge in [-0.25, -0.2) is 4.79 Å². The number of aliphatic hydroxyl groups is 1. The molecule has 3 N–H and O–H groups in total. The third kappa shape index (κ3) is 6.00. The third-order valence-electron chi connectivity index (χ3n) is 3.19. The van der Waals surface area contributed by atoms with E-state index in [2.05, 4.69) is 10.6 Å². The molecule has 3 amide bonds. The minimum absolute atomic E-state index is 0.219. The second-order valence-electron chi connectivity index (χ2n) is 4.95. The van der Waals surface area contributed by atoms with Crippen LogP contribution in [-0.4, -0.2) is 67.9 Å². The number of nitrogens with one attached hydrogen (secondary N) is 2. The molecule has 0 bridgehead atoms. The number of hydrogen-bond acceptors (Lipinski definition) is 5. The maximum absolute atomic E-state index is 11.4. The highest BCUT2D eigenvalue weighted by Gasteiger charge is 2.30. The molecule has 0 aromatic carbocycles. The van der Waals surface area contributed by atoms with Crippen LogP contribution in [0.1, 0.15) is 19.3 Å². The van der Waals surface area contributed by atoms with Crippen molar-refractivity contribution in [2.75, 3.05) is 40.4 Å². The number of hydrogen-bond donors (Lipinski definition) is 3. The van der Waals surface area contributed by atoms with Crippen molar-refractivity contribution in [2.45, 2.75) is 24.9 Å². The number of nitrogens with zero attached hydrogens (tertiary/aromatic N) is 1. The summed E-state index contributed by atoms with van der Waals surface area (Å²) in [5.41, 5.74) is -0.732. The zero-order chi connectivity index (χ0) is 14.3. The normalized spacial score (nSPS) is 18.1. The number of urea groups is 1. The summed E-state index contributed by atoms with van der Waals surface area (Å²) in [5.74, 6) is -0.329. The number of carbonyl (C=O) groups excluding carboxylic acids is 2. The van der Waals surface area contributed by atoms with E-state index in [4.69, 9.17) is 4.74 Å². The zero-order valence-corrected chi connectivity index (χ0v) is 11.6. The van der Waals surface area contributed by atoms with Crippen molar-refractivity contribution < 1.29 is 19.4 Å². The highest BCUT2D eigenvalue weighted by Crippen LogP contribution is 2.21. The van der Waals surface area contributed by atoms with Crippen LogP contribution in [0.3, 0.4) is 0 Å². The topological polar surface area (TPSA) is 90.9 Å². The first kappa shape index (κ1) is 15.9. The van der Waals surface area contributed by atoms with Gasteiger partial charge in [0.05, 0.1) is 5.60 Å². The van der Waals surface area contributed by atoms with E-state index in [0.717, 1.165) is 0 Å². The molecule has 0 saturated carbocycles. The summed E-state index contributed by atoms with van der Waals surface area (Å²) in [6.45, 7) is 2.14. The third-order valence-corrected chi connectivity index (χ3v) is 3.19. The molecule has 0 radical (unpaired) electrons. The van der Waals surface area contributed by atoms with E-state index < -0.39 is 11.6 Å². The van der Waals surface area contributed by atoms with Crippen molar-refractivity contribution in [3.8, 4) is 0 Å². The Labute approximate surface area is 113 Å². The molecule has 0 atom stereocenters. The van der Waals surface area contributed by atoms with Gasteiger partial charge in [0.25, 0.3) is 0 Å². The number of ether oxygens (including phenoxy) is 1. The maximum atomic E-state index is 11.4. The smallest absolute Gasteiger partial charge is 0.321 e. The van der Waals surface area contributed by atoms with Gasteiger partial charge in [-0.05, 0) is 7.05 Å². The summed E-state index contributed by atoms with van der Waals surface area (Å²) >= 11 is 0. The van der Waals surface area contributed by atoms with Crippen LogP contribution in [0.5, 0.6) is 0 Å². The standard InChI is InChI=1S/C12H23N3O4/c1-13-11(17)14-10(16)3-6-15(2)9-12(18)4-7-19-8-5-12/h18H,3-9H2,1-2H3,(H2,13,14,16,17). The van der Waals surface area contributed by atoms with Gasteiger partial charge in [-0.2, -0.15) is 0 Å². The fourth-order valence-electron chi connectivity index (χ4n) is 2.03. The van der Waals surface area contributed by atoms with Crippen LogP contribution in [0.2, 0.25) is 0 Å². The molecule has 0 spiro atoms. The van der Waals surface area contributed by atoms with Crippen LogP contribution in [0.25, 0.3) is 0 Å².